The highest BCUT2D eigenvalue weighted by Gasteiger charge is 1.99. The van der Waals surface area contributed by atoms with E-state index in [1.54, 1.807) is 6.20 Å². The molecular formula is C12H14N4O. The number of nitrogens with zero attached hydrogens (tertiary/aromatic N) is 1. The number of nitrogens with one attached hydrogen (secondary N) is 2. The fourth-order valence-corrected chi connectivity index (χ4v) is 1.53. The summed E-state index contributed by atoms with van der Waals surface area (Å²) in [6.45, 7) is 1.06. The van der Waals surface area contributed by atoms with E-state index in [0.717, 1.165) is 11.1 Å². The van der Waals surface area contributed by atoms with Gasteiger partial charge in [-0.3, -0.25) is 4.79 Å². The maximum atomic E-state index is 11.4. The predicted molar refractivity (Wildman–Crippen MR) is 66.5 cm³/mol. The van der Waals surface area contributed by atoms with Gasteiger partial charge in [-0.2, -0.15) is 0 Å². The van der Waals surface area contributed by atoms with Crippen molar-refractivity contribution in [2.75, 3.05) is 5.32 Å². The first-order valence-electron chi connectivity index (χ1n) is 5.35. The van der Waals surface area contributed by atoms with Gasteiger partial charge < -0.3 is 16.0 Å². The van der Waals surface area contributed by atoms with Gasteiger partial charge >= 0.3 is 0 Å². The molecule has 2 aromatic rings. The third-order valence-corrected chi connectivity index (χ3v) is 2.39. The molecule has 17 heavy (non-hydrogen) atoms. The summed E-state index contributed by atoms with van der Waals surface area (Å²) < 4.78 is 0. The van der Waals surface area contributed by atoms with Crippen molar-refractivity contribution >= 4 is 5.82 Å². The van der Waals surface area contributed by atoms with Gasteiger partial charge in [-0.05, 0) is 11.1 Å². The number of anilines is 1. The van der Waals surface area contributed by atoms with Crippen molar-refractivity contribution in [3.05, 3.63) is 58.1 Å². The Kier molecular flexibility index (Phi) is 3.52. The number of aromatic nitrogens is 2. The summed E-state index contributed by atoms with van der Waals surface area (Å²) >= 11 is 0. The Morgan fingerprint density at radius 1 is 1.35 bits per heavy atom. The van der Waals surface area contributed by atoms with Crippen LogP contribution in [0.3, 0.4) is 0 Å². The SMILES string of the molecule is NCc1cccc(CNc2ncc[nH]c2=O)c1. The maximum Gasteiger partial charge on any atom is 0.290 e. The lowest BCUT2D eigenvalue weighted by Gasteiger charge is -2.05. The van der Waals surface area contributed by atoms with Gasteiger partial charge in [0.05, 0.1) is 0 Å². The highest BCUT2D eigenvalue weighted by Crippen LogP contribution is 2.06. The molecule has 1 aromatic heterocycles. The van der Waals surface area contributed by atoms with Gasteiger partial charge in [-0.15, -0.1) is 0 Å². The molecule has 0 radical (unpaired) electrons. The average Bonchev–Trinajstić information content (AvgIpc) is 2.38. The van der Waals surface area contributed by atoms with Gasteiger partial charge in [-0.1, -0.05) is 24.3 Å². The molecular weight excluding hydrogens is 216 g/mol. The Morgan fingerprint density at radius 2 is 2.18 bits per heavy atom. The van der Waals surface area contributed by atoms with Crippen LogP contribution in [0.5, 0.6) is 0 Å². The van der Waals surface area contributed by atoms with Crippen LogP contribution in [0.1, 0.15) is 11.1 Å². The lowest BCUT2D eigenvalue weighted by atomic mass is 10.1. The molecule has 88 valence electrons. The second-order valence-corrected chi connectivity index (χ2v) is 3.64. The van der Waals surface area contributed by atoms with Crippen LogP contribution in [0, 0.1) is 0 Å². The zero-order chi connectivity index (χ0) is 12.1. The molecule has 0 spiro atoms. The fourth-order valence-electron chi connectivity index (χ4n) is 1.53. The van der Waals surface area contributed by atoms with Crippen LogP contribution < -0.4 is 16.6 Å². The number of hydrogen-bond donors (Lipinski definition) is 3. The van der Waals surface area contributed by atoms with Gasteiger partial charge in [-0.25, -0.2) is 4.98 Å². The summed E-state index contributed by atoms with van der Waals surface area (Å²) in [6, 6.07) is 7.90. The van der Waals surface area contributed by atoms with Crippen molar-refractivity contribution in [3.8, 4) is 0 Å². The number of H-pyrrole nitrogens is 1. The van der Waals surface area contributed by atoms with Crippen LogP contribution in [0.25, 0.3) is 0 Å². The number of aromatic amines is 1. The van der Waals surface area contributed by atoms with E-state index in [2.05, 4.69) is 15.3 Å². The Balaban J connectivity index is 2.07. The smallest absolute Gasteiger partial charge is 0.290 e. The summed E-state index contributed by atoms with van der Waals surface area (Å²) in [7, 11) is 0. The van der Waals surface area contributed by atoms with E-state index in [1.165, 1.54) is 6.20 Å². The molecule has 0 amide bonds. The van der Waals surface area contributed by atoms with Gasteiger partial charge in [0.2, 0.25) is 0 Å². The zero-order valence-electron chi connectivity index (χ0n) is 9.31. The molecule has 4 N–H and O–H groups in total. The van der Waals surface area contributed by atoms with Crippen LogP contribution in [0.4, 0.5) is 5.82 Å². The minimum absolute atomic E-state index is 0.220. The second-order valence-electron chi connectivity index (χ2n) is 3.64. The third-order valence-electron chi connectivity index (χ3n) is 2.39. The van der Waals surface area contributed by atoms with Crippen LogP contribution in [0.2, 0.25) is 0 Å². The summed E-state index contributed by atoms with van der Waals surface area (Å²) in [5, 5.41) is 2.98. The molecule has 1 aromatic carbocycles. The summed E-state index contributed by atoms with van der Waals surface area (Å²) in [6.07, 6.45) is 3.04. The highest BCUT2D eigenvalue weighted by atomic mass is 16.1. The number of nitrogens with two attached hydrogens (primary N) is 1. The standard InChI is InChI=1S/C12H14N4O/c13-7-9-2-1-3-10(6-9)8-16-11-12(17)15-5-4-14-11/h1-6H,7-8,13H2,(H,14,16)(H,15,17). The lowest BCUT2D eigenvalue weighted by molar-refractivity contribution is 1.03. The van der Waals surface area contributed by atoms with Crippen molar-refractivity contribution in [2.24, 2.45) is 5.73 Å². The molecule has 1 heterocycles. The van der Waals surface area contributed by atoms with E-state index < -0.39 is 0 Å². The quantitative estimate of drug-likeness (QED) is 0.726. The van der Waals surface area contributed by atoms with Gasteiger partial charge in [0.15, 0.2) is 5.82 Å². The highest BCUT2D eigenvalue weighted by molar-refractivity contribution is 5.33. The second kappa shape index (κ2) is 5.27. The number of hydrogen-bond acceptors (Lipinski definition) is 4. The minimum atomic E-state index is -0.220. The fraction of sp³-hybridized carbons (Fsp3) is 0.167. The van der Waals surface area contributed by atoms with E-state index >= 15 is 0 Å². The van der Waals surface area contributed by atoms with Crippen LogP contribution >= 0.6 is 0 Å². The number of benzene rings is 1. The average molecular weight is 230 g/mol. The maximum absolute atomic E-state index is 11.4. The van der Waals surface area contributed by atoms with E-state index in [9.17, 15) is 4.79 Å². The van der Waals surface area contributed by atoms with Crippen molar-refractivity contribution in [1.29, 1.82) is 0 Å². The van der Waals surface area contributed by atoms with Gasteiger partial charge in [0, 0.05) is 25.5 Å². The van der Waals surface area contributed by atoms with Crippen molar-refractivity contribution in [1.82, 2.24) is 9.97 Å². The molecule has 0 bridgehead atoms. The molecule has 0 saturated heterocycles. The Bertz CT molecular complexity index is 550. The van der Waals surface area contributed by atoms with Crippen LogP contribution in [-0.4, -0.2) is 9.97 Å². The third kappa shape index (κ3) is 2.92. The molecule has 0 aliphatic carbocycles. The topological polar surface area (TPSA) is 83.8 Å². The molecule has 0 atom stereocenters. The van der Waals surface area contributed by atoms with Gasteiger partial charge in [0.1, 0.15) is 0 Å². The summed E-state index contributed by atoms with van der Waals surface area (Å²) in [4.78, 5) is 17.9. The summed E-state index contributed by atoms with van der Waals surface area (Å²) in [5.41, 5.74) is 7.48. The van der Waals surface area contributed by atoms with E-state index in [4.69, 9.17) is 5.73 Å². The predicted octanol–water partition coefficient (Wildman–Crippen LogP) is 0.841. The first-order valence-corrected chi connectivity index (χ1v) is 5.35. The molecule has 0 aliphatic rings. The molecule has 2 rings (SSSR count). The first kappa shape index (κ1) is 11.3. The van der Waals surface area contributed by atoms with Gasteiger partial charge in [0.25, 0.3) is 5.56 Å². The molecule has 0 saturated carbocycles. The van der Waals surface area contributed by atoms with Crippen molar-refractivity contribution in [3.63, 3.8) is 0 Å². The van der Waals surface area contributed by atoms with E-state index in [1.807, 2.05) is 24.3 Å². The Labute approximate surface area is 98.7 Å². The Morgan fingerprint density at radius 3 is 2.94 bits per heavy atom. The normalized spacial score (nSPS) is 10.2. The number of rotatable bonds is 4. The molecule has 0 aliphatic heterocycles. The van der Waals surface area contributed by atoms with E-state index in [0.29, 0.717) is 18.9 Å². The van der Waals surface area contributed by atoms with Crippen molar-refractivity contribution in [2.45, 2.75) is 13.1 Å². The Hall–Kier alpha value is -2.14. The summed E-state index contributed by atoms with van der Waals surface area (Å²) in [5.74, 6) is 0.325. The monoisotopic (exact) mass is 230 g/mol. The molecule has 5 nitrogen and oxygen atoms in total. The van der Waals surface area contributed by atoms with Crippen molar-refractivity contribution < 1.29 is 0 Å². The minimum Gasteiger partial charge on any atom is -0.361 e. The van der Waals surface area contributed by atoms with Crippen LogP contribution in [0.15, 0.2) is 41.5 Å². The van der Waals surface area contributed by atoms with E-state index in [-0.39, 0.29) is 5.56 Å². The zero-order valence-corrected chi connectivity index (χ0v) is 9.31. The van der Waals surface area contributed by atoms with Crippen LogP contribution in [-0.2, 0) is 13.1 Å². The lowest BCUT2D eigenvalue weighted by Crippen LogP contribution is -2.15. The molecule has 0 fully saturated rings. The first-order chi connectivity index (χ1) is 8.29. The largest absolute Gasteiger partial charge is 0.361 e. The molecule has 0 unspecified atom stereocenters. The molecule has 5 heteroatoms.